The van der Waals surface area contributed by atoms with Crippen molar-refractivity contribution in [3.8, 4) is 0 Å². The van der Waals surface area contributed by atoms with Crippen molar-refractivity contribution in [2.75, 3.05) is 13.2 Å². The summed E-state index contributed by atoms with van der Waals surface area (Å²) in [4.78, 5) is 4.41. The minimum Gasteiger partial charge on any atom is -0.380 e. The molecule has 0 aliphatic carbocycles. The van der Waals surface area contributed by atoms with Crippen LogP contribution in [-0.2, 0) is 11.3 Å². The molecule has 1 saturated heterocycles. The molecule has 0 bridgehead atoms. The molecule has 3 nitrogen and oxygen atoms in total. The SMILES string of the molecule is Cc1ccc2ncccc2c1CN[C@@H]1CCOC1. The number of rotatable bonds is 3. The molecular formula is C15H18N2O. The monoisotopic (exact) mass is 242 g/mol. The van der Waals surface area contributed by atoms with Crippen molar-refractivity contribution in [1.82, 2.24) is 10.3 Å². The Balaban J connectivity index is 1.87. The maximum absolute atomic E-state index is 5.39. The van der Waals surface area contributed by atoms with E-state index in [0.717, 1.165) is 31.7 Å². The quantitative estimate of drug-likeness (QED) is 0.897. The molecular weight excluding hydrogens is 224 g/mol. The van der Waals surface area contributed by atoms with Crippen LogP contribution in [0.1, 0.15) is 17.5 Å². The first-order valence-electron chi connectivity index (χ1n) is 6.49. The van der Waals surface area contributed by atoms with Crippen molar-refractivity contribution in [2.24, 2.45) is 0 Å². The number of nitrogens with zero attached hydrogens (tertiary/aromatic N) is 1. The number of aryl methyl sites for hydroxylation is 1. The lowest BCUT2D eigenvalue weighted by atomic mass is 10.0. The fourth-order valence-corrected chi connectivity index (χ4v) is 2.50. The maximum Gasteiger partial charge on any atom is 0.0705 e. The van der Waals surface area contributed by atoms with Gasteiger partial charge >= 0.3 is 0 Å². The molecule has 1 aromatic heterocycles. The van der Waals surface area contributed by atoms with E-state index in [2.05, 4.69) is 35.4 Å². The predicted octanol–water partition coefficient (Wildman–Crippen LogP) is 2.42. The lowest BCUT2D eigenvalue weighted by Gasteiger charge is -2.14. The molecule has 2 aromatic rings. The second-order valence-corrected chi connectivity index (χ2v) is 4.87. The predicted molar refractivity (Wildman–Crippen MR) is 72.5 cm³/mol. The Hall–Kier alpha value is -1.45. The van der Waals surface area contributed by atoms with Crippen LogP contribution >= 0.6 is 0 Å². The Morgan fingerprint density at radius 2 is 2.33 bits per heavy atom. The van der Waals surface area contributed by atoms with E-state index in [1.54, 1.807) is 0 Å². The summed E-state index contributed by atoms with van der Waals surface area (Å²) in [6.45, 7) is 4.77. The molecule has 0 unspecified atom stereocenters. The van der Waals surface area contributed by atoms with E-state index in [9.17, 15) is 0 Å². The Kier molecular flexibility index (Phi) is 3.26. The zero-order valence-corrected chi connectivity index (χ0v) is 10.6. The normalized spacial score (nSPS) is 19.5. The van der Waals surface area contributed by atoms with E-state index in [4.69, 9.17) is 4.74 Å². The van der Waals surface area contributed by atoms with Gasteiger partial charge in [0.05, 0.1) is 12.1 Å². The zero-order valence-electron chi connectivity index (χ0n) is 10.6. The summed E-state index contributed by atoms with van der Waals surface area (Å²) in [5.74, 6) is 0. The van der Waals surface area contributed by atoms with Gasteiger partial charge in [-0.2, -0.15) is 0 Å². The first-order chi connectivity index (χ1) is 8.84. The van der Waals surface area contributed by atoms with E-state index in [0.29, 0.717) is 6.04 Å². The van der Waals surface area contributed by atoms with Crippen LogP contribution in [0.15, 0.2) is 30.5 Å². The molecule has 1 aromatic carbocycles. The molecule has 0 saturated carbocycles. The van der Waals surface area contributed by atoms with Crippen LogP contribution in [-0.4, -0.2) is 24.2 Å². The summed E-state index contributed by atoms with van der Waals surface area (Å²) in [5.41, 5.74) is 3.75. The van der Waals surface area contributed by atoms with Gasteiger partial charge in [-0.15, -0.1) is 0 Å². The van der Waals surface area contributed by atoms with E-state index in [-0.39, 0.29) is 0 Å². The van der Waals surface area contributed by atoms with Crippen molar-refractivity contribution >= 4 is 10.9 Å². The van der Waals surface area contributed by atoms with E-state index < -0.39 is 0 Å². The van der Waals surface area contributed by atoms with Gasteiger partial charge in [-0.1, -0.05) is 12.1 Å². The number of ether oxygens (including phenoxy) is 1. The second kappa shape index (κ2) is 5.04. The highest BCUT2D eigenvalue weighted by Crippen LogP contribution is 2.20. The van der Waals surface area contributed by atoms with Gasteiger partial charge in [0.15, 0.2) is 0 Å². The topological polar surface area (TPSA) is 34.2 Å². The first kappa shape index (κ1) is 11.6. The lowest BCUT2D eigenvalue weighted by Crippen LogP contribution is -2.28. The van der Waals surface area contributed by atoms with Gasteiger partial charge in [-0.05, 0) is 36.6 Å². The third-order valence-electron chi connectivity index (χ3n) is 3.63. The summed E-state index contributed by atoms with van der Waals surface area (Å²) in [7, 11) is 0. The summed E-state index contributed by atoms with van der Waals surface area (Å²) in [6, 6.07) is 8.89. The fraction of sp³-hybridized carbons (Fsp3) is 0.400. The standard InChI is InChI=1S/C15H18N2O/c1-11-4-5-15-13(3-2-7-16-15)14(11)9-17-12-6-8-18-10-12/h2-5,7,12,17H,6,8-10H2,1H3/t12-/m1/s1. The van der Waals surface area contributed by atoms with Gasteiger partial charge in [0.25, 0.3) is 0 Å². The molecule has 94 valence electrons. The Morgan fingerprint density at radius 1 is 1.39 bits per heavy atom. The van der Waals surface area contributed by atoms with Crippen LogP contribution in [0.2, 0.25) is 0 Å². The molecule has 1 aliphatic heterocycles. The molecule has 3 heteroatoms. The van der Waals surface area contributed by atoms with Crippen LogP contribution < -0.4 is 5.32 Å². The molecule has 1 fully saturated rings. The number of hydrogen-bond donors (Lipinski definition) is 1. The average Bonchev–Trinajstić information content (AvgIpc) is 2.91. The Bertz CT molecular complexity index is 547. The van der Waals surface area contributed by atoms with Crippen LogP contribution in [0.5, 0.6) is 0 Å². The number of pyridine rings is 1. The van der Waals surface area contributed by atoms with Gasteiger partial charge < -0.3 is 10.1 Å². The lowest BCUT2D eigenvalue weighted by molar-refractivity contribution is 0.190. The first-order valence-corrected chi connectivity index (χ1v) is 6.49. The van der Waals surface area contributed by atoms with Gasteiger partial charge in [-0.3, -0.25) is 4.98 Å². The third kappa shape index (κ3) is 2.24. The molecule has 18 heavy (non-hydrogen) atoms. The van der Waals surface area contributed by atoms with Crippen LogP contribution in [0.25, 0.3) is 10.9 Å². The number of benzene rings is 1. The maximum atomic E-state index is 5.39. The Morgan fingerprint density at radius 3 is 3.17 bits per heavy atom. The van der Waals surface area contributed by atoms with Gasteiger partial charge in [0.1, 0.15) is 0 Å². The fourth-order valence-electron chi connectivity index (χ4n) is 2.50. The molecule has 1 atom stereocenters. The van der Waals surface area contributed by atoms with Crippen LogP contribution in [0.3, 0.4) is 0 Å². The average molecular weight is 242 g/mol. The van der Waals surface area contributed by atoms with Crippen molar-refractivity contribution in [1.29, 1.82) is 0 Å². The zero-order chi connectivity index (χ0) is 12.4. The number of fused-ring (bicyclic) bond motifs is 1. The largest absolute Gasteiger partial charge is 0.380 e. The molecule has 3 rings (SSSR count). The number of hydrogen-bond acceptors (Lipinski definition) is 3. The minimum absolute atomic E-state index is 0.497. The van der Waals surface area contributed by atoms with Gasteiger partial charge in [0.2, 0.25) is 0 Å². The van der Waals surface area contributed by atoms with E-state index in [1.807, 2.05) is 12.3 Å². The van der Waals surface area contributed by atoms with E-state index >= 15 is 0 Å². The highest BCUT2D eigenvalue weighted by atomic mass is 16.5. The summed E-state index contributed by atoms with van der Waals surface area (Å²) in [5, 5.41) is 4.83. The summed E-state index contributed by atoms with van der Waals surface area (Å²) < 4.78 is 5.39. The Labute approximate surface area is 107 Å². The number of aromatic nitrogens is 1. The van der Waals surface area contributed by atoms with Crippen molar-refractivity contribution in [3.63, 3.8) is 0 Å². The van der Waals surface area contributed by atoms with Crippen molar-refractivity contribution in [2.45, 2.75) is 25.9 Å². The molecule has 2 heterocycles. The highest BCUT2D eigenvalue weighted by molar-refractivity contribution is 5.83. The third-order valence-corrected chi connectivity index (χ3v) is 3.63. The smallest absolute Gasteiger partial charge is 0.0705 e. The van der Waals surface area contributed by atoms with Gasteiger partial charge in [-0.25, -0.2) is 0 Å². The highest BCUT2D eigenvalue weighted by Gasteiger charge is 2.15. The molecule has 0 radical (unpaired) electrons. The molecule has 1 aliphatic rings. The van der Waals surface area contributed by atoms with Crippen LogP contribution in [0.4, 0.5) is 0 Å². The van der Waals surface area contributed by atoms with E-state index in [1.165, 1.54) is 16.5 Å². The summed E-state index contributed by atoms with van der Waals surface area (Å²) >= 11 is 0. The minimum atomic E-state index is 0.497. The molecule has 1 N–H and O–H groups in total. The summed E-state index contributed by atoms with van der Waals surface area (Å²) in [6.07, 6.45) is 2.96. The van der Waals surface area contributed by atoms with Crippen molar-refractivity contribution < 1.29 is 4.74 Å². The number of nitrogens with one attached hydrogen (secondary N) is 1. The molecule has 0 amide bonds. The molecule has 0 spiro atoms. The van der Waals surface area contributed by atoms with Crippen molar-refractivity contribution in [3.05, 3.63) is 41.6 Å². The second-order valence-electron chi connectivity index (χ2n) is 4.87. The van der Waals surface area contributed by atoms with Crippen LogP contribution in [0, 0.1) is 6.92 Å². The van der Waals surface area contributed by atoms with Gasteiger partial charge in [0, 0.05) is 30.8 Å².